The number of carbonyl (C=O) groups excluding carboxylic acids is 1. The molecular weight excluding hydrogens is 369 g/mol. The number of alkyl halides is 3. The smallest absolute Gasteiger partial charge is 0.396 e. The summed E-state index contributed by atoms with van der Waals surface area (Å²) in [4.78, 5) is 12.0. The molecule has 0 spiro atoms. The van der Waals surface area contributed by atoms with Crippen LogP contribution >= 0.6 is 0 Å². The van der Waals surface area contributed by atoms with Gasteiger partial charge in [0.05, 0.1) is 17.9 Å². The predicted octanol–water partition coefficient (Wildman–Crippen LogP) is 3.77. The highest BCUT2D eigenvalue weighted by Crippen LogP contribution is 2.38. The molecule has 2 aromatic rings. The summed E-state index contributed by atoms with van der Waals surface area (Å²) in [7, 11) is -2.60. The van der Waals surface area contributed by atoms with Gasteiger partial charge in [-0.05, 0) is 29.8 Å². The molecule has 0 aliphatic rings. The molecule has 1 atom stereocenters. The first-order valence-electron chi connectivity index (χ1n) is 7.63. The molecule has 0 aliphatic carbocycles. The molecule has 0 fully saturated rings. The number of ketones is 1. The molecule has 0 unspecified atom stereocenters. The average Bonchev–Trinajstić information content (AvgIpc) is 2.59. The molecular formula is C18H17F3O4S. The molecule has 0 bridgehead atoms. The van der Waals surface area contributed by atoms with Crippen molar-refractivity contribution in [2.24, 2.45) is 0 Å². The van der Waals surface area contributed by atoms with E-state index in [-0.39, 0.29) is 10.5 Å². The van der Waals surface area contributed by atoms with Crippen LogP contribution in [0.15, 0.2) is 59.5 Å². The lowest BCUT2D eigenvalue weighted by molar-refractivity contribution is -0.156. The number of halogens is 3. The highest BCUT2D eigenvalue weighted by atomic mass is 32.2. The van der Waals surface area contributed by atoms with E-state index in [0.717, 1.165) is 0 Å². The van der Waals surface area contributed by atoms with Gasteiger partial charge in [0.1, 0.15) is 17.3 Å². The minimum absolute atomic E-state index is 0.0960. The number of benzene rings is 2. The highest BCUT2D eigenvalue weighted by molar-refractivity contribution is 7.92. The molecule has 8 heteroatoms. The Hall–Kier alpha value is -2.35. The third-order valence-corrected chi connectivity index (χ3v) is 5.49. The molecule has 0 saturated carbocycles. The second-order valence-corrected chi connectivity index (χ2v) is 7.67. The predicted molar refractivity (Wildman–Crippen MR) is 89.9 cm³/mol. The fourth-order valence-corrected chi connectivity index (χ4v) is 3.75. The van der Waals surface area contributed by atoms with Crippen molar-refractivity contribution in [3.05, 3.63) is 60.2 Å². The zero-order valence-corrected chi connectivity index (χ0v) is 14.7. The average molecular weight is 386 g/mol. The summed E-state index contributed by atoms with van der Waals surface area (Å²) in [5.41, 5.74) is -0.122. The molecule has 0 radical (unpaired) electrons. The number of sulfone groups is 1. The Morgan fingerprint density at radius 3 is 2.12 bits per heavy atom. The van der Waals surface area contributed by atoms with Crippen LogP contribution in [0.4, 0.5) is 13.2 Å². The van der Waals surface area contributed by atoms with Gasteiger partial charge in [0.25, 0.3) is 0 Å². The molecule has 0 aromatic heterocycles. The van der Waals surface area contributed by atoms with E-state index in [9.17, 15) is 26.4 Å². The van der Waals surface area contributed by atoms with Gasteiger partial charge in [-0.3, -0.25) is 4.79 Å². The minimum Gasteiger partial charge on any atom is -0.497 e. The Morgan fingerprint density at radius 1 is 1.04 bits per heavy atom. The van der Waals surface area contributed by atoms with E-state index in [0.29, 0.717) is 5.75 Å². The lowest BCUT2D eigenvalue weighted by Gasteiger charge is -2.20. The van der Waals surface area contributed by atoms with E-state index >= 15 is 0 Å². The Kier molecular flexibility index (Phi) is 6.07. The quantitative estimate of drug-likeness (QED) is 0.727. The number of hydrogen-bond acceptors (Lipinski definition) is 4. The van der Waals surface area contributed by atoms with Gasteiger partial charge in [-0.2, -0.15) is 13.2 Å². The molecule has 0 saturated heterocycles. The van der Waals surface area contributed by atoms with Crippen molar-refractivity contribution in [1.29, 1.82) is 0 Å². The summed E-state index contributed by atoms with van der Waals surface area (Å²) < 4.78 is 69.4. The van der Waals surface area contributed by atoms with Crippen molar-refractivity contribution < 1.29 is 31.1 Å². The maximum Gasteiger partial charge on any atom is 0.396 e. The molecule has 0 aliphatic heterocycles. The summed E-state index contributed by atoms with van der Waals surface area (Å²) in [5.74, 6) is -3.66. The Bertz CT molecular complexity index is 844. The standard InChI is InChI=1S/C18H17F3O4S/c1-25-15-9-7-13(8-10-15)17(18(19,20)21)11-14(22)12-26(23,24)16-5-3-2-4-6-16/h2-10,17H,11-12H2,1H3/t17-/m0/s1. The van der Waals surface area contributed by atoms with E-state index in [4.69, 9.17) is 4.74 Å². The Morgan fingerprint density at radius 2 is 1.62 bits per heavy atom. The van der Waals surface area contributed by atoms with Gasteiger partial charge >= 0.3 is 6.18 Å². The molecule has 4 nitrogen and oxygen atoms in total. The largest absolute Gasteiger partial charge is 0.497 e. The summed E-state index contributed by atoms with van der Waals surface area (Å²) in [6.07, 6.45) is -5.62. The van der Waals surface area contributed by atoms with E-state index in [1.807, 2.05) is 0 Å². The number of carbonyl (C=O) groups is 1. The number of ether oxygens (including phenoxy) is 1. The third kappa shape index (κ3) is 5.08. The number of Topliss-reactive ketones (excluding diaryl/α,β-unsaturated/α-hetero) is 1. The van der Waals surface area contributed by atoms with Gasteiger partial charge in [-0.1, -0.05) is 30.3 Å². The highest BCUT2D eigenvalue weighted by Gasteiger charge is 2.42. The Labute approximate surface area is 149 Å². The first-order chi connectivity index (χ1) is 12.1. The van der Waals surface area contributed by atoms with Gasteiger partial charge in [0.2, 0.25) is 0 Å². The van der Waals surface area contributed by atoms with Crippen LogP contribution in [0.5, 0.6) is 5.75 Å². The van der Waals surface area contributed by atoms with Crippen LogP contribution < -0.4 is 4.74 Å². The van der Waals surface area contributed by atoms with E-state index < -0.39 is 39.9 Å². The van der Waals surface area contributed by atoms with Crippen molar-refractivity contribution in [2.75, 3.05) is 12.9 Å². The molecule has 2 rings (SSSR count). The van der Waals surface area contributed by atoms with Crippen molar-refractivity contribution in [3.8, 4) is 5.75 Å². The maximum absolute atomic E-state index is 13.4. The van der Waals surface area contributed by atoms with E-state index in [2.05, 4.69) is 0 Å². The first kappa shape index (κ1) is 20.0. The molecule has 2 aromatic carbocycles. The summed E-state index contributed by atoms with van der Waals surface area (Å²) in [6, 6.07) is 12.3. The second kappa shape index (κ2) is 7.90. The van der Waals surface area contributed by atoms with E-state index in [1.54, 1.807) is 6.07 Å². The minimum atomic E-state index is -4.68. The third-order valence-electron chi connectivity index (χ3n) is 3.80. The second-order valence-electron chi connectivity index (χ2n) is 5.68. The summed E-state index contributed by atoms with van der Waals surface area (Å²) >= 11 is 0. The van der Waals surface area contributed by atoms with Gasteiger partial charge < -0.3 is 4.74 Å². The van der Waals surface area contributed by atoms with Gasteiger partial charge in [-0.25, -0.2) is 8.42 Å². The summed E-state index contributed by atoms with van der Waals surface area (Å²) in [6.45, 7) is 0. The Balaban J connectivity index is 2.19. The fourth-order valence-electron chi connectivity index (χ4n) is 2.47. The van der Waals surface area contributed by atoms with Crippen molar-refractivity contribution in [1.82, 2.24) is 0 Å². The topological polar surface area (TPSA) is 60.4 Å². The molecule has 140 valence electrons. The van der Waals surface area contributed by atoms with Gasteiger partial charge in [0.15, 0.2) is 9.84 Å². The monoisotopic (exact) mass is 386 g/mol. The van der Waals surface area contributed by atoms with Crippen LogP contribution in [0.25, 0.3) is 0 Å². The zero-order valence-electron chi connectivity index (χ0n) is 13.9. The zero-order chi connectivity index (χ0) is 19.4. The molecule has 0 N–H and O–H groups in total. The van der Waals surface area contributed by atoms with Crippen LogP contribution in [0, 0.1) is 0 Å². The first-order valence-corrected chi connectivity index (χ1v) is 9.29. The van der Waals surface area contributed by atoms with Crippen LogP contribution in [-0.4, -0.2) is 33.2 Å². The van der Waals surface area contributed by atoms with Crippen molar-refractivity contribution >= 4 is 15.6 Å². The number of hydrogen-bond donors (Lipinski definition) is 0. The number of methoxy groups -OCH3 is 1. The van der Waals surface area contributed by atoms with Crippen LogP contribution in [0.2, 0.25) is 0 Å². The maximum atomic E-state index is 13.4. The van der Waals surface area contributed by atoms with Crippen LogP contribution in [0.3, 0.4) is 0 Å². The van der Waals surface area contributed by atoms with Gasteiger partial charge in [-0.15, -0.1) is 0 Å². The molecule has 0 amide bonds. The fraction of sp³-hybridized carbons (Fsp3) is 0.278. The SMILES string of the molecule is COc1ccc([C@H](CC(=O)CS(=O)(=O)c2ccccc2)C(F)(F)F)cc1. The molecule has 0 heterocycles. The lowest BCUT2D eigenvalue weighted by atomic mass is 9.93. The van der Waals surface area contributed by atoms with Crippen LogP contribution in [-0.2, 0) is 14.6 Å². The van der Waals surface area contributed by atoms with E-state index in [1.165, 1.54) is 55.6 Å². The number of rotatable bonds is 7. The van der Waals surface area contributed by atoms with Crippen LogP contribution in [0.1, 0.15) is 17.9 Å². The molecule has 26 heavy (non-hydrogen) atoms. The van der Waals surface area contributed by atoms with Crippen molar-refractivity contribution in [3.63, 3.8) is 0 Å². The summed E-state index contributed by atoms with van der Waals surface area (Å²) in [5, 5.41) is 0. The lowest BCUT2D eigenvalue weighted by Crippen LogP contribution is -2.26. The van der Waals surface area contributed by atoms with Gasteiger partial charge in [0, 0.05) is 6.42 Å². The van der Waals surface area contributed by atoms with Crippen molar-refractivity contribution in [2.45, 2.75) is 23.4 Å². The normalized spacial score (nSPS) is 13.2.